The lowest BCUT2D eigenvalue weighted by molar-refractivity contribution is -0.137. The van der Waals surface area contributed by atoms with Crippen molar-refractivity contribution in [2.24, 2.45) is 5.41 Å². The van der Waals surface area contributed by atoms with Crippen LogP contribution in [0.4, 0.5) is 0 Å². The molecule has 1 aliphatic carbocycles. The highest BCUT2D eigenvalue weighted by molar-refractivity contribution is 5.91. The number of carbonyl (C=O) groups is 1. The second kappa shape index (κ2) is 4.05. The number of rotatable bonds is 2. The summed E-state index contributed by atoms with van der Waals surface area (Å²) >= 11 is 0. The summed E-state index contributed by atoms with van der Waals surface area (Å²) in [5.41, 5.74) is 0.291. The maximum absolute atomic E-state index is 13.1. The van der Waals surface area contributed by atoms with E-state index in [1.165, 1.54) is 12.8 Å². The molecule has 1 saturated carbocycles. The fourth-order valence-electron chi connectivity index (χ4n) is 5.03. The van der Waals surface area contributed by atoms with E-state index in [1.54, 1.807) is 6.26 Å². The molecular weight excluding hydrogens is 278 g/mol. The zero-order chi connectivity index (χ0) is 14.9. The summed E-state index contributed by atoms with van der Waals surface area (Å²) in [6.07, 6.45) is 9.46. The number of nitrogens with zero attached hydrogens (tertiary/aromatic N) is 1. The maximum Gasteiger partial charge on any atom is 0.232 e. The van der Waals surface area contributed by atoms with Crippen molar-refractivity contribution in [3.05, 3.63) is 30.2 Å². The third kappa shape index (κ3) is 1.40. The summed E-state index contributed by atoms with van der Waals surface area (Å²) in [6, 6.07) is 4.31. The Kier molecular flexibility index (Phi) is 2.38. The van der Waals surface area contributed by atoms with Gasteiger partial charge in [-0.25, -0.2) is 0 Å². The standard InChI is InChI=1S/C18H21NO3/c1-17-10-15-13(14-7-4-8-21-14)9-18(17,22-15)11-19(16(17)20)12-5-2-3-6-12/h4,7-9,12,15H,2-3,5-6,10-11H2,1H3/t15-,17-,18+/m0/s1. The van der Waals surface area contributed by atoms with Gasteiger partial charge in [0.15, 0.2) is 0 Å². The number of hydrogen-bond acceptors (Lipinski definition) is 3. The summed E-state index contributed by atoms with van der Waals surface area (Å²) in [5, 5.41) is 0. The lowest BCUT2D eigenvalue weighted by Gasteiger charge is -2.29. The Balaban J connectivity index is 1.54. The highest BCUT2D eigenvalue weighted by Gasteiger charge is 2.70. The predicted molar refractivity (Wildman–Crippen MR) is 81.0 cm³/mol. The molecule has 4 heteroatoms. The number of ether oxygens (including phenoxy) is 1. The van der Waals surface area contributed by atoms with Crippen LogP contribution in [-0.4, -0.2) is 35.1 Å². The van der Waals surface area contributed by atoms with Gasteiger partial charge in [-0.05, 0) is 44.4 Å². The van der Waals surface area contributed by atoms with Gasteiger partial charge >= 0.3 is 0 Å². The van der Waals surface area contributed by atoms with Gasteiger partial charge in [0.05, 0.1) is 24.3 Å². The highest BCUT2D eigenvalue weighted by Crippen LogP contribution is 2.61. The van der Waals surface area contributed by atoms with Crippen LogP contribution in [0.2, 0.25) is 0 Å². The van der Waals surface area contributed by atoms with Gasteiger partial charge in [-0.15, -0.1) is 0 Å². The fourth-order valence-corrected chi connectivity index (χ4v) is 5.03. The Morgan fingerprint density at radius 3 is 2.86 bits per heavy atom. The summed E-state index contributed by atoms with van der Waals surface area (Å²) in [5.74, 6) is 1.19. The molecule has 4 aliphatic rings. The monoisotopic (exact) mass is 299 g/mol. The first-order chi connectivity index (χ1) is 10.6. The second-order valence-electron chi connectivity index (χ2n) is 7.48. The quantitative estimate of drug-likeness (QED) is 0.843. The van der Waals surface area contributed by atoms with Gasteiger partial charge in [-0.2, -0.15) is 0 Å². The molecule has 3 atom stereocenters. The van der Waals surface area contributed by atoms with E-state index in [9.17, 15) is 4.79 Å². The molecule has 0 aromatic carbocycles. The topological polar surface area (TPSA) is 42.7 Å². The molecule has 3 aliphatic heterocycles. The van der Waals surface area contributed by atoms with E-state index < -0.39 is 11.0 Å². The lowest BCUT2D eigenvalue weighted by Crippen LogP contribution is -2.42. The highest BCUT2D eigenvalue weighted by atomic mass is 16.5. The van der Waals surface area contributed by atoms with Gasteiger partial charge < -0.3 is 14.1 Å². The predicted octanol–water partition coefficient (Wildman–Crippen LogP) is 3.00. The molecule has 116 valence electrons. The molecule has 3 fully saturated rings. The Labute approximate surface area is 130 Å². The SMILES string of the molecule is C[C@@]12C[C@@H]3O[C@]1(C=C3c1ccco1)CN(C1CCCC1)C2=O. The molecule has 4 nitrogen and oxygen atoms in total. The molecule has 5 rings (SSSR count). The number of carbonyl (C=O) groups excluding carboxylic acids is 1. The minimum atomic E-state index is -0.445. The minimum absolute atomic E-state index is 0.00540. The van der Waals surface area contributed by atoms with Crippen LogP contribution in [0.5, 0.6) is 0 Å². The number of fused-ring (bicyclic) bond motifs is 1. The van der Waals surface area contributed by atoms with Crippen LogP contribution < -0.4 is 0 Å². The van der Waals surface area contributed by atoms with Crippen LogP contribution in [0, 0.1) is 5.41 Å². The Morgan fingerprint density at radius 1 is 1.32 bits per heavy atom. The molecule has 22 heavy (non-hydrogen) atoms. The summed E-state index contributed by atoms with van der Waals surface area (Å²) in [4.78, 5) is 15.2. The van der Waals surface area contributed by atoms with E-state index in [4.69, 9.17) is 9.15 Å². The van der Waals surface area contributed by atoms with Crippen molar-refractivity contribution in [1.29, 1.82) is 0 Å². The van der Waals surface area contributed by atoms with Crippen LogP contribution in [0.15, 0.2) is 28.9 Å². The summed E-state index contributed by atoms with van der Waals surface area (Å²) in [6.45, 7) is 2.81. The molecule has 1 spiro atoms. The van der Waals surface area contributed by atoms with Crippen LogP contribution in [0.1, 0.15) is 44.8 Å². The normalized spacial score (nSPS) is 40.6. The largest absolute Gasteiger partial charge is 0.465 e. The van der Waals surface area contributed by atoms with Crippen LogP contribution >= 0.6 is 0 Å². The summed E-state index contributed by atoms with van der Waals surface area (Å²) < 4.78 is 11.9. The molecule has 4 heterocycles. The molecular formula is C18H21NO3. The van der Waals surface area contributed by atoms with Crippen LogP contribution in [-0.2, 0) is 9.53 Å². The van der Waals surface area contributed by atoms with E-state index >= 15 is 0 Å². The number of hydrogen-bond donors (Lipinski definition) is 0. The molecule has 1 aromatic rings. The summed E-state index contributed by atoms with van der Waals surface area (Å²) in [7, 11) is 0. The van der Waals surface area contributed by atoms with Gasteiger partial charge in [-0.1, -0.05) is 12.8 Å². The second-order valence-corrected chi connectivity index (χ2v) is 7.48. The Morgan fingerprint density at radius 2 is 2.14 bits per heavy atom. The van der Waals surface area contributed by atoms with Crippen molar-refractivity contribution < 1.29 is 13.9 Å². The molecule has 2 bridgehead atoms. The molecule has 0 unspecified atom stereocenters. The Hall–Kier alpha value is -1.55. The van der Waals surface area contributed by atoms with Crippen LogP contribution in [0.25, 0.3) is 5.57 Å². The third-order valence-corrected chi connectivity index (χ3v) is 6.33. The molecule has 0 N–H and O–H groups in total. The van der Waals surface area contributed by atoms with Crippen molar-refractivity contribution in [1.82, 2.24) is 4.90 Å². The van der Waals surface area contributed by atoms with Gasteiger partial charge in [0.2, 0.25) is 5.91 Å². The number of furan rings is 1. The third-order valence-electron chi connectivity index (χ3n) is 6.33. The zero-order valence-electron chi connectivity index (χ0n) is 12.9. The van der Waals surface area contributed by atoms with Gasteiger partial charge in [0.1, 0.15) is 11.4 Å². The fraction of sp³-hybridized carbons (Fsp3) is 0.611. The lowest BCUT2D eigenvalue weighted by atomic mass is 9.70. The number of likely N-dealkylation sites (tertiary alicyclic amines) is 1. The molecule has 2 saturated heterocycles. The molecule has 0 radical (unpaired) electrons. The maximum atomic E-state index is 13.1. The average molecular weight is 299 g/mol. The number of amides is 1. The van der Waals surface area contributed by atoms with Crippen LogP contribution in [0.3, 0.4) is 0 Å². The molecule has 1 aromatic heterocycles. The van der Waals surface area contributed by atoms with E-state index in [1.807, 2.05) is 12.1 Å². The van der Waals surface area contributed by atoms with Crippen molar-refractivity contribution >= 4 is 11.5 Å². The van der Waals surface area contributed by atoms with E-state index in [-0.39, 0.29) is 6.10 Å². The van der Waals surface area contributed by atoms with Gasteiger partial charge in [0.25, 0.3) is 0 Å². The van der Waals surface area contributed by atoms with E-state index in [0.29, 0.717) is 18.5 Å². The van der Waals surface area contributed by atoms with Crippen molar-refractivity contribution in [3.8, 4) is 0 Å². The first-order valence-corrected chi connectivity index (χ1v) is 8.39. The van der Waals surface area contributed by atoms with Gasteiger partial charge in [0, 0.05) is 11.6 Å². The van der Waals surface area contributed by atoms with E-state index in [0.717, 1.165) is 30.6 Å². The Bertz CT molecular complexity index is 658. The zero-order valence-corrected chi connectivity index (χ0v) is 12.9. The first-order valence-electron chi connectivity index (χ1n) is 8.39. The van der Waals surface area contributed by atoms with Gasteiger partial charge in [-0.3, -0.25) is 4.79 Å². The van der Waals surface area contributed by atoms with E-state index in [2.05, 4.69) is 17.9 Å². The minimum Gasteiger partial charge on any atom is -0.465 e. The van der Waals surface area contributed by atoms with Crippen molar-refractivity contribution in [3.63, 3.8) is 0 Å². The first kappa shape index (κ1) is 12.9. The molecule has 1 amide bonds. The smallest absolute Gasteiger partial charge is 0.232 e. The van der Waals surface area contributed by atoms with Crippen molar-refractivity contribution in [2.75, 3.05) is 6.54 Å². The van der Waals surface area contributed by atoms with Crippen molar-refractivity contribution in [2.45, 2.75) is 56.8 Å². The average Bonchev–Trinajstić information content (AvgIpc) is 3.24.